The molecule has 0 aliphatic rings. The van der Waals surface area contributed by atoms with Gasteiger partial charge >= 0.3 is 5.97 Å². The summed E-state index contributed by atoms with van der Waals surface area (Å²) < 4.78 is 10.6. The van der Waals surface area contributed by atoms with Gasteiger partial charge in [0.1, 0.15) is 5.75 Å². The highest BCUT2D eigenvalue weighted by atomic mass is 16.5. The van der Waals surface area contributed by atoms with Crippen molar-refractivity contribution in [2.45, 2.75) is 6.92 Å². The Bertz CT molecular complexity index is 874. The topological polar surface area (TPSA) is 47.6 Å². The molecular weight excluding hydrogens is 302 g/mol. The zero-order valence-electron chi connectivity index (χ0n) is 13.7. The predicted octanol–water partition coefficient (Wildman–Crippen LogP) is 4.77. The van der Waals surface area contributed by atoms with Crippen molar-refractivity contribution in [1.82, 2.24) is 0 Å². The van der Waals surface area contributed by atoms with Gasteiger partial charge in [0.05, 0.1) is 25.0 Å². The van der Waals surface area contributed by atoms with Crippen molar-refractivity contribution >= 4 is 28.1 Å². The van der Waals surface area contributed by atoms with E-state index < -0.39 is 0 Å². The van der Waals surface area contributed by atoms with Crippen molar-refractivity contribution in [3.05, 3.63) is 66.2 Å². The Morgan fingerprint density at radius 2 is 1.62 bits per heavy atom. The summed E-state index contributed by atoms with van der Waals surface area (Å²) in [5, 5.41) is 5.39. The number of carbonyl (C=O) groups is 1. The van der Waals surface area contributed by atoms with Crippen molar-refractivity contribution in [2.24, 2.45) is 0 Å². The van der Waals surface area contributed by atoms with Crippen molar-refractivity contribution in [2.75, 3.05) is 19.0 Å². The molecular formula is C20H19NO3. The van der Waals surface area contributed by atoms with E-state index in [0.717, 1.165) is 22.2 Å². The van der Waals surface area contributed by atoms with E-state index in [4.69, 9.17) is 9.47 Å². The second-order valence-corrected chi connectivity index (χ2v) is 5.25. The lowest BCUT2D eigenvalue weighted by molar-refractivity contribution is 0.0527. The van der Waals surface area contributed by atoms with E-state index in [9.17, 15) is 4.79 Å². The first-order valence-electron chi connectivity index (χ1n) is 7.83. The van der Waals surface area contributed by atoms with Gasteiger partial charge in [-0.2, -0.15) is 0 Å². The SMILES string of the molecule is CCOC(=O)c1ccccc1Nc1ccc(OC)c2ccccc12. The van der Waals surface area contributed by atoms with Crippen LogP contribution in [0.2, 0.25) is 0 Å². The number of benzene rings is 3. The first-order chi connectivity index (χ1) is 11.7. The molecule has 3 aromatic rings. The van der Waals surface area contributed by atoms with E-state index in [1.54, 1.807) is 20.1 Å². The van der Waals surface area contributed by atoms with E-state index in [-0.39, 0.29) is 5.97 Å². The van der Waals surface area contributed by atoms with Gasteiger partial charge in [-0.1, -0.05) is 36.4 Å². The van der Waals surface area contributed by atoms with Gasteiger partial charge < -0.3 is 14.8 Å². The largest absolute Gasteiger partial charge is 0.496 e. The van der Waals surface area contributed by atoms with Gasteiger partial charge in [0, 0.05) is 16.5 Å². The summed E-state index contributed by atoms with van der Waals surface area (Å²) in [5.41, 5.74) is 2.13. The molecule has 0 aromatic heterocycles. The lowest BCUT2D eigenvalue weighted by Gasteiger charge is -2.14. The molecule has 0 unspecified atom stereocenters. The molecule has 4 heteroatoms. The molecule has 0 bridgehead atoms. The van der Waals surface area contributed by atoms with Gasteiger partial charge in [-0.15, -0.1) is 0 Å². The normalized spacial score (nSPS) is 10.4. The summed E-state index contributed by atoms with van der Waals surface area (Å²) in [6, 6.07) is 19.2. The molecule has 0 aliphatic heterocycles. The molecule has 0 radical (unpaired) electrons. The van der Waals surface area contributed by atoms with Crippen LogP contribution in [0.1, 0.15) is 17.3 Å². The fraction of sp³-hybridized carbons (Fsp3) is 0.150. The summed E-state index contributed by atoms with van der Waals surface area (Å²) in [5.74, 6) is 0.480. The molecule has 3 rings (SSSR count). The van der Waals surface area contributed by atoms with Gasteiger partial charge in [-0.05, 0) is 31.2 Å². The maximum Gasteiger partial charge on any atom is 0.340 e. The molecule has 0 amide bonds. The third-order valence-electron chi connectivity index (χ3n) is 3.80. The quantitative estimate of drug-likeness (QED) is 0.688. The van der Waals surface area contributed by atoms with E-state index in [0.29, 0.717) is 17.9 Å². The number of ether oxygens (including phenoxy) is 2. The number of anilines is 2. The maximum atomic E-state index is 12.1. The van der Waals surface area contributed by atoms with E-state index >= 15 is 0 Å². The Morgan fingerprint density at radius 1 is 0.917 bits per heavy atom. The number of methoxy groups -OCH3 is 1. The second-order valence-electron chi connectivity index (χ2n) is 5.25. The van der Waals surface area contributed by atoms with Crippen LogP contribution in [0, 0.1) is 0 Å². The van der Waals surface area contributed by atoms with Gasteiger partial charge in [0.2, 0.25) is 0 Å². The monoisotopic (exact) mass is 321 g/mol. The van der Waals surface area contributed by atoms with E-state index in [2.05, 4.69) is 5.32 Å². The minimum atomic E-state index is -0.335. The van der Waals surface area contributed by atoms with Crippen LogP contribution in [0.25, 0.3) is 10.8 Å². The minimum Gasteiger partial charge on any atom is -0.496 e. The van der Waals surface area contributed by atoms with Crippen molar-refractivity contribution in [3.8, 4) is 5.75 Å². The number of fused-ring (bicyclic) bond motifs is 1. The van der Waals surface area contributed by atoms with Gasteiger partial charge in [-0.3, -0.25) is 0 Å². The third kappa shape index (κ3) is 3.04. The summed E-state index contributed by atoms with van der Waals surface area (Å²) in [7, 11) is 1.66. The molecule has 3 aromatic carbocycles. The number of para-hydroxylation sites is 1. The van der Waals surface area contributed by atoms with Crippen LogP contribution >= 0.6 is 0 Å². The first-order valence-corrected chi connectivity index (χ1v) is 7.83. The fourth-order valence-corrected chi connectivity index (χ4v) is 2.68. The Balaban J connectivity index is 2.04. The Kier molecular flexibility index (Phi) is 4.66. The molecule has 1 N–H and O–H groups in total. The van der Waals surface area contributed by atoms with Crippen molar-refractivity contribution in [1.29, 1.82) is 0 Å². The van der Waals surface area contributed by atoms with E-state index in [1.807, 2.05) is 54.6 Å². The van der Waals surface area contributed by atoms with Gasteiger partial charge in [-0.25, -0.2) is 4.79 Å². The minimum absolute atomic E-state index is 0.335. The highest BCUT2D eigenvalue weighted by molar-refractivity contribution is 6.02. The van der Waals surface area contributed by atoms with Crippen LogP contribution in [0.3, 0.4) is 0 Å². The number of hydrogen-bond donors (Lipinski definition) is 1. The summed E-state index contributed by atoms with van der Waals surface area (Å²) in [6.07, 6.45) is 0. The average Bonchev–Trinajstić information content (AvgIpc) is 2.62. The van der Waals surface area contributed by atoms with Crippen LogP contribution in [0.5, 0.6) is 5.75 Å². The van der Waals surface area contributed by atoms with Crippen molar-refractivity contribution in [3.63, 3.8) is 0 Å². The third-order valence-corrected chi connectivity index (χ3v) is 3.80. The molecule has 0 atom stereocenters. The highest BCUT2D eigenvalue weighted by Gasteiger charge is 2.13. The fourth-order valence-electron chi connectivity index (χ4n) is 2.68. The predicted molar refractivity (Wildman–Crippen MR) is 96.2 cm³/mol. The number of esters is 1. The Hall–Kier alpha value is -3.01. The molecule has 0 spiro atoms. The zero-order valence-corrected chi connectivity index (χ0v) is 13.7. The number of rotatable bonds is 5. The number of nitrogens with one attached hydrogen (secondary N) is 1. The van der Waals surface area contributed by atoms with Crippen LogP contribution in [0.4, 0.5) is 11.4 Å². The Labute approximate surface area is 141 Å². The van der Waals surface area contributed by atoms with Crippen LogP contribution in [-0.4, -0.2) is 19.7 Å². The maximum absolute atomic E-state index is 12.1. The molecule has 0 saturated carbocycles. The van der Waals surface area contributed by atoms with Crippen LogP contribution in [0.15, 0.2) is 60.7 Å². The zero-order chi connectivity index (χ0) is 16.9. The summed E-state index contributed by atoms with van der Waals surface area (Å²) in [6.45, 7) is 2.14. The molecule has 0 heterocycles. The molecule has 122 valence electrons. The summed E-state index contributed by atoms with van der Waals surface area (Å²) in [4.78, 5) is 12.1. The molecule has 24 heavy (non-hydrogen) atoms. The highest BCUT2D eigenvalue weighted by Crippen LogP contribution is 2.33. The number of hydrogen-bond acceptors (Lipinski definition) is 4. The molecule has 0 saturated heterocycles. The Morgan fingerprint density at radius 3 is 2.38 bits per heavy atom. The standard InChI is InChI=1S/C20H19NO3/c1-3-24-20(22)16-10-6-7-11-17(16)21-18-12-13-19(23-2)15-9-5-4-8-14(15)18/h4-13,21H,3H2,1-2H3. The lowest BCUT2D eigenvalue weighted by Crippen LogP contribution is -2.07. The van der Waals surface area contributed by atoms with Gasteiger partial charge in [0.15, 0.2) is 0 Å². The molecule has 4 nitrogen and oxygen atoms in total. The second kappa shape index (κ2) is 7.04. The number of carbonyl (C=O) groups excluding carboxylic acids is 1. The summed E-state index contributed by atoms with van der Waals surface area (Å²) >= 11 is 0. The first kappa shape index (κ1) is 15.9. The van der Waals surface area contributed by atoms with Gasteiger partial charge in [0.25, 0.3) is 0 Å². The average molecular weight is 321 g/mol. The van der Waals surface area contributed by atoms with Crippen molar-refractivity contribution < 1.29 is 14.3 Å². The van der Waals surface area contributed by atoms with Crippen LogP contribution in [-0.2, 0) is 4.74 Å². The molecule has 0 aliphatic carbocycles. The van der Waals surface area contributed by atoms with Crippen LogP contribution < -0.4 is 10.1 Å². The molecule has 0 fully saturated rings. The lowest BCUT2D eigenvalue weighted by atomic mass is 10.1. The smallest absolute Gasteiger partial charge is 0.340 e. The van der Waals surface area contributed by atoms with E-state index in [1.165, 1.54) is 0 Å².